The number of nitrogens with one attached hydrogen (secondary N) is 1. The van der Waals surface area contributed by atoms with Gasteiger partial charge < -0.3 is 20.7 Å². The molecule has 0 spiro atoms. The van der Waals surface area contributed by atoms with E-state index in [1.54, 1.807) is 7.11 Å². The van der Waals surface area contributed by atoms with E-state index < -0.39 is 0 Å². The summed E-state index contributed by atoms with van der Waals surface area (Å²) in [6, 6.07) is 0.212. The summed E-state index contributed by atoms with van der Waals surface area (Å²) in [6.45, 7) is 7.57. The van der Waals surface area contributed by atoms with Crippen molar-refractivity contribution < 1.29 is 9.53 Å². The molecule has 2 unspecified atom stereocenters. The Kier molecular flexibility index (Phi) is 6.60. The van der Waals surface area contributed by atoms with Gasteiger partial charge in [-0.15, -0.1) is 0 Å². The Balaban J connectivity index is 2.25. The molecule has 0 aromatic rings. The van der Waals surface area contributed by atoms with Crippen LogP contribution in [0, 0.1) is 5.92 Å². The highest BCUT2D eigenvalue weighted by Gasteiger charge is 2.23. The second-order valence-electron chi connectivity index (χ2n) is 5.27. The summed E-state index contributed by atoms with van der Waals surface area (Å²) in [5, 5.41) is 3.10. The number of carbonyl (C=O) groups excluding carboxylic acids is 1. The summed E-state index contributed by atoms with van der Waals surface area (Å²) in [4.78, 5) is 14.3. The molecule has 1 fully saturated rings. The summed E-state index contributed by atoms with van der Waals surface area (Å²) >= 11 is 0. The van der Waals surface area contributed by atoms with Crippen molar-refractivity contribution in [2.75, 3.05) is 33.4 Å². The molecule has 0 bridgehead atoms. The second-order valence-corrected chi connectivity index (χ2v) is 5.27. The number of amides is 1. The first kappa shape index (κ1) is 15.4. The van der Waals surface area contributed by atoms with Crippen molar-refractivity contribution in [1.82, 2.24) is 10.2 Å². The predicted molar refractivity (Wildman–Crippen MR) is 72.3 cm³/mol. The fourth-order valence-electron chi connectivity index (χ4n) is 2.09. The van der Waals surface area contributed by atoms with E-state index >= 15 is 0 Å². The predicted octanol–water partition coefficient (Wildman–Crippen LogP) is 0.197. The van der Waals surface area contributed by atoms with Crippen LogP contribution in [0.15, 0.2) is 0 Å². The van der Waals surface area contributed by atoms with Crippen LogP contribution in [0.1, 0.15) is 26.7 Å². The molecule has 3 N–H and O–H groups in total. The molecule has 5 nitrogen and oxygen atoms in total. The third kappa shape index (κ3) is 4.92. The highest BCUT2D eigenvalue weighted by molar-refractivity contribution is 5.79. The number of nitrogens with zero attached hydrogens (tertiary/aromatic N) is 1. The van der Waals surface area contributed by atoms with Crippen molar-refractivity contribution in [1.29, 1.82) is 0 Å². The maximum atomic E-state index is 11.9. The van der Waals surface area contributed by atoms with Gasteiger partial charge >= 0.3 is 0 Å². The molecular formula is C13H27N3O2. The third-order valence-corrected chi connectivity index (χ3v) is 3.75. The number of nitrogens with two attached hydrogens (primary N) is 1. The van der Waals surface area contributed by atoms with Crippen molar-refractivity contribution >= 4 is 5.91 Å². The van der Waals surface area contributed by atoms with Gasteiger partial charge in [0.15, 0.2) is 0 Å². The first-order chi connectivity index (χ1) is 8.54. The van der Waals surface area contributed by atoms with Gasteiger partial charge in [0.1, 0.15) is 0 Å². The van der Waals surface area contributed by atoms with E-state index in [9.17, 15) is 4.79 Å². The van der Waals surface area contributed by atoms with Crippen LogP contribution >= 0.6 is 0 Å². The van der Waals surface area contributed by atoms with Gasteiger partial charge in [0, 0.05) is 44.7 Å². The summed E-state index contributed by atoms with van der Waals surface area (Å²) in [7, 11) is 1.72. The molecule has 0 radical (unpaired) electrons. The summed E-state index contributed by atoms with van der Waals surface area (Å²) in [5.74, 6) is -0.0307. The molecule has 0 aliphatic carbocycles. The number of methoxy groups -OCH3 is 1. The molecule has 5 heteroatoms. The zero-order valence-electron chi connectivity index (χ0n) is 11.8. The lowest BCUT2D eigenvalue weighted by atomic mass is 10.0. The highest BCUT2D eigenvalue weighted by atomic mass is 16.5. The van der Waals surface area contributed by atoms with Crippen LogP contribution in [-0.2, 0) is 9.53 Å². The first-order valence-corrected chi connectivity index (χ1v) is 6.81. The van der Waals surface area contributed by atoms with Crippen molar-refractivity contribution in [2.24, 2.45) is 11.7 Å². The molecule has 1 rings (SSSR count). The van der Waals surface area contributed by atoms with E-state index in [0.717, 1.165) is 39.1 Å². The monoisotopic (exact) mass is 257 g/mol. The van der Waals surface area contributed by atoms with Crippen molar-refractivity contribution in [3.05, 3.63) is 0 Å². The number of ether oxygens (including phenoxy) is 1. The van der Waals surface area contributed by atoms with Crippen LogP contribution < -0.4 is 11.1 Å². The number of hydrogen-bond acceptors (Lipinski definition) is 4. The molecule has 0 aromatic carbocycles. The van der Waals surface area contributed by atoms with E-state index in [-0.39, 0.29) is 17.9 Å². The van der Waals surface area contributed by atoms with E-state index in [2.05, 4.69) is 10.2 Å². The molecule has 1 amide bonds. The number of rotatable bonds is 6. The Bertz CT molecular complexity index is 251. The molecule has 1 saturated heterocycles. The van der Waals surface area contributed by atoms with Crippen LogP contribution in [0.5, 0.6) is 0 Å². The normalized spacial score (nSPS) is 21.6. The zero-order valence-corrected chi connectivity index (χ0v) is 11.8. The van der Waals surface area contributed by atoms with Crippen molar-refractivity contribution in [3.63, 3.8) is 0 Å². The summed E-state index contributed by atoms with van der Waals surface area (Å²) in [5.41, 5.74) is 5.74. The minimum Gasteiger partial charge on any atom is -0.383 e. The van der Waals surface area contributed by atoms with Crippen LogP contribution in [0.25, 0.3) is 0 Å². The molecule has 1 aliphatic heterocycles. The lowest BCUT2D eigenvalue weighted by Gasteiger charge is -2.32. The van der Waals surface area contributed by atoms with Gasteiger partial charge in [0.2, 0.25) is 5.91 Å². The first-order valence-electron chi connectivity index (χ1n) is 6.81. The number of likely N-dealkylation sites (tertiary alicyclic amines) is 1. The Hall–Kier alpha value is -0.650. The fraction of sp³-hybridized carbons (Fsp3) is 0.923. The smallest absolute Gasteiger partial charge is 0.224 e. The van der Waals surface area contributed by atoms with Gasteiger partial charge in [-0.2, -0.15) is 0 Å². The summed E-state index contributed by atoms with van der Waals surface area (Å²) < 4.78 is 5.07. The fourth-order valence-corrected chi connectivity index (χ4v) is 2.09. The Morgan fingerprint density at radius 2 is 2.06 bits per heavy atom. The van der Waals surface area contributed by atoms with Crippen LogP contribution in [0.2, 0.25) is 0 Å². The molecule has 2 atom stereocenters. The Morgan fingerprint density at radius 1 is 1.44 bits per heavy atom. The van der Waals surface area contributed by atoms with Gasteiger partial charge in [-0.05, 0) is 19.8 Å². The SMILES string of the molecule is COCCN1CCC(NC(=O)C(C)C(C)N)CC1. The molecule has 0 aromatic heterocycles. The van der Waals surface area contributed by atoms with Crippen molar-refractivity contribution in [2.45, 2.75) is 38.8 Å². The quantitative estimate of drug-likeness (QED) is 0.713. The van der Waals surface area contributed by atoms with Gasteiger partial charge in [-0.1, -0.05) is 6.92 Å². The molecule has 18 heavy (non-hydrogen) atoms. The minimum absolute atomic E-state index is 0.0836. The zero-order chi connectivity index (χ0) is 13.5. The Morgan fingerprint density at radius 3 is 2.56 bits per heavy atom. The lowest BCUT2D eigenvalue weighted by Crippen LogP contribution is -2.48. The molecule has 106 valence electrons. The largest absolute Gasteiger partial charge is 0.383 e. The number of piperidine rings is 1. The van der Waals surface area contributed by atoms with Gasteiger partial charge in [-0.25, -0.2) is 0 Å². The topological polar surface area (TPSA) is 67.6 Å². The maximum Gasteiger partial charge on any atom is 0.224 e. The van der Waals surface area contributed by atoms with Crippen LogP contribution in [0.4, 0.5) is 0 Å². The number of carbonyl (C=O) groups is 1. The minimum atomic E-state index is -0.114. The summed E-state index contributed by atoms with van der Waals surface area (Å²) in [6.07, 6.45) is 2.03. The molecule has 1 heterocycles. The van der Waals surface area contributed by atoms with Crippen molar-refractivity contribution in [3.8, 4) is 0 Å². The maximum absolute atomic E-state index is 11.9. The van der Waals surface area contributed by atoms with E-state index in [1.165, 1.54) is 0 Å². The standard InChI is InChI=1S/C13H27N3O2/c1-10(11(2)14)13(17)15-12-4-6-16(7-5-12)8-9-18-3/h10-12H,4-9,14H2,1-3H3,(H,15,17). The third-order valence-electron chi connectivity index (χ3n) is 3.75. The van der Waals surface area contributed by atoms with Crippen LogP contribution in [0.3, 0.4) is 0 Å². The van der Waals surface area contributed by atoms with Gasteiger partial charge in [0.25, 0.3) is 0 Å². The average Bonchev–Trinajstić information content (AvgIpc) is 2.36. The van der Waals surface area contributed by atoms with E-state index in [1.807, 2.05) is 13.8 Å². The second kappa shape index (κ2) is 7.71. The number of hydrogen-bond donors (Lipinski definition) is 2. The molecule has 0 saturated carbocycles. The molecule has 1 aliphatic rings. The average molecular weight is 257 g/mol. The van der Waals surface area contributed by atoms with Crippen LogP contribution in [-0.4, -0.2) is 56.2 Å². The Labute approximate surface area is 110 Å². The van der Waals surface area contributed by atoms with Gasteiger partial charge in [-0.3, -0.25) is 4.79 Å². The van der Waals surface area contributed by atoms with E-state index in [0.29, 0.717) is 6.04 Å². The lowest BCUT2D eigenvalue weighted by molar-refractivity contribution is -0.126. The molecular weight excluding hydrogens is 230 g/mol. The van der Waals surface area contributed by atoms with E-state index in [4.69, 9.17) is 10.5 Å². The highest BCUT2D eigenvalue weighted by Crippen LogP contribution is 2.11. The van der Waals surface area contributed by atoms with Gasteiger partial charge in [0.05, 0.1) is 6.61 Å².